The fraction of sp³-hybridized carbons (Fsp3) is 0.167. The summed E-state index contributed by atoms with van der Waals surface area (Å²) in [5.74, 6) is 0. The first-order valence-corrected chi connectivity index (χ1v) is 8.37. The van der Waals surface area contributed by atoms with Gasteiger partial charge in [0, 0.05) is 25.9 Å². The van der Waals surface area contributed by atoms with Crippen LogP contribution in [0, 0.1) is 6.92 Å². The van der Waals surface area contributed by atoms with Crippen LogP contribution in [0.3, 0.4) is 0 Å². The molecular formula is C18H16N4OS. The van der Waals surface area contributed by atoms with Crippen molar-refractivity contribution in [1.29, 1.82) is 0 Å². The van der Waals surface area contributed by atoms with Gasteiger partial charge in [0.15, 0.2) is 0 Å². The topological polar surface area (TPSA) is 51.0 Å². The van der Waals surface area contributed by atoms with Gasteiger partial charge in [-0.2, -0.15) is 0 Å². The molecule has 0 N–H and O–H groups in total. The van der Waals surface area contributed by atoms with Crippen LogP contribution >= 0.6 is 11.5 Å². The maximum atomic E-state index is 13.2. The molecule has 24 heavy (non-hydrogen) atoms. The second-order valence-corrected chi connectivity index (χ2v) is 6.78. The zero-order valence-electron chi connectivity index (χ0n) is 13.6. The summed E-state index contributed by atoms with van der Waals surface area (Å²) in [5.41, 5.74) is 4.57. The second kappa shape index (κ2) is 5.42. The average Bonchev–Trinajstić information content (AvgIpc) is 2.90. The van der Waals surface area contributed by atoms with Crippen LogP contribution in [-0.2, 0) is 0 Å². The molecule has 120 valence electrons. The summed E-state index contributed by atoms with van der Waals surface area (Å²) in [4.78, 5) is 20.7. The van der Waals surface area contributed by atoms with E-state index < -0.39 is 0 Å². The second-order valence-electron chi connectivity index (χ2n) is 5.98. The van der Waals surface area contributed by atoms with Crippen molar-refractivity contribution in [2.45, 2.75) is 6.92 Å². The van der Waals surface area contributed by atoms with E-state index in [1.54, 1.807) is 17.1 Å². The number of benzene rings is 1. The van der Waals surface area contributed by atoms with E-state index in [0.717, 1.165) is 32.9 Å². The molecule has 2 aromatic rings. The van der Waals surface area contributed by atoms with Crippen molar-refractivity contribution < 1.29 is 0 Å². The highest BCUT2D eigenvalue weighted by Gasteiger charge is 2.24. The standard InChI is InChI=1S/C18H16N4OS/c1-11-5-4-6-12(9-11)22-10-19-15-14(18(22)23)17-13(7-8-20-24-17)16(15)21(2)3/h4-10H,1-3H3. The summed E-state index contributed by atoms with van der Waals surface area (Å²) in [6, 6.07) is 9.80. The lowest BCUT2D eigenvalue weighted by molar-refractivity contribution is 0.962. The molecular weight excluding hydrogens is 320 g/mol. The van der Waals surface area contributed by atoms with E-state index in [9.17, 15) is 4.79 Å². The van der Waals surface area contributed by atoms with Crippen LogP contribution < -0.4 is 10.5 Å². The molecule has 2 heterocycles. The summed E-state index contributed by atoms with van der Waals surface area (Å²) in [5, 5.41) is 0.635. The molecule has 0 saturated heterocycles. The van der Waals surface area contributed by atoms with Crippen molar-refractivity contribution in [2.24, 2.45) is 0 Å². The molecule has 1 aromatic heterocycles. The van der Waals surface area contributed by atoms with Crippen LogP contribution in [0.4, 0.5) is 5.69 Å². The van der Waals surface area contributed by atoms with Crippen molar-refractivity contribution in [3.05, 3.63) is 58.8 Å². The Morgan fingerprint density at radius 2 is 2.04 bits per heavy atom. The van der Waals surface area contributed by atoms with E-state index in [2.05, 4.69) is 9.36 Å². The highest BCUT2D eigenvalue weighted by molar-refractivity contribution is 7.10. The number of nitrogens with zero attached hydrogens (tertiary/aromatic N) is 4. The Hall–Kier alpha value is -2.73. The molecule has 1 aliphatic carbocycles. The van der Waals surface area contributed by atoms with Crippen molar-refractivity contribution in [2.75, 3.05) is 19.0 Å². The van der Waals surface area contributed by atoms with Crippen LogP contribution in [0.25, 0.3) is 27.0 Å². The van der Waals surface area contributed by atoms with E-state index in [-0.39, 0.29) is 5.56 Å². The zero-order chi connectivity index (χ0) is 16.8. The smallest absolute Gasteiger partial charge is 0.267 e. The summed E-state index contributed by atoms with van der Waals surface area (Å²) < 4.78 is 5.85. The Kier molecular flexibility index (Phi) is 3.35. The third-order valence-corrected chi connectivity index (χ3v) is 4.93. The summed E-state index contributed by atoms with van der Waals surface area (Å²) in [6.45, 7) is 2.01. The fourth-order valence-corrected chi connectivity index (χ4v) is 3.83. The summed E-state index contributed by atoms with van der Waals surface area (Å²) in [6.07, 6.45) is 3.38. The highest BCUT2D eigenvalue weighted by atomic mass is 32.1. The van der Waals surface area contributed by atoms with E-state index in [1.807, 2.05) is 56.3 Å². The molecule has 0 bridgehead atoms. The van der Waals surface area contributed by atoms with Gasteiger partial charge in [-0.15, -0.1) is 0 Å². The monoisotopic (exact) mass is 336 g/mol. The summed E-state index contributed by atoms with van der Waals surface area (Å²) >= 11 is 1.34. The molecule has 0 amide bonds. The first kappa shape index (κ1) is 14.8. The maximum absolute atomic E-state index is 13.2. The zero-order valence-corrected chi connectivity index (χ0v) is 14.5. The van der Waals surface area contributed by atoms with E-state index in [1.165, 1.54) is 11.5 Å². The molecule has 0 fully saturated rings. The van der Waals surface area contributed by atoms with Gasteiger partial charge in [0.2, 0.25) is 0 Å². The Bertz CT molecular complexity index is 1080. The van der Waals surface area contributed by atoms with Gasteiger partial charge in [0.25, 0.3) is 5.56 Å². The number of hydrogen-bond donors (Lipinski definition) is 0. The Labute approximate surface area is 143 Å². The lowest BCUT2D eigenvalue weighted by atomic mass is 10.2. The predicted octanol–water partition coefficient (Wildman–Crippen LogP) is 3.32. The minimum absolute atomic E-state index is 0.0621. The lowest BCUT2D eigenvalue weighted by Crippen LogP contribution is -2.19. The molecule has 4 rings (SSSR count). The molecule has 0 radical (unpaired) electrons. The Morgan fingerprint density at radius 3 is 2.79 bits per heavy atom. The van der Waals surface area contributed by atoms with Gasteiger partial charge >= 0.3 is 0 Å². The number of aromatic nitrogens is 3. The minimum Gasteiger partial charge on any atom is -0.375 e. The molecule has 0 unspecified atom stereocenters. The fourth-order valence-electron chi connectivity index (χ4n) is 3.06. The van der Waals surface area contributed by atoms with Gasteiger partial charge in [-0.3, -0.25) is 9.36 Å². The van der Waals surface area contributed by atoms with E-state index >= 15 is 0 Å². The van der Waals surface area contributed by atoms with Crippen LogP contribution in [-0.4, -0.2) is 28.0 Å². The number of aryl methyl sites for hydroxylation is 1. The molecule has 5 nitrogen and oxygen atoms in total. The van der Waals surface area contributed by atoms with E-state index in [0.29, 0.717) is 5.39 Å². The van der Waals surface area contributed by atoms with Crippen molar-refractivity contribution >= 4 is 28.1 Å². The van der Waals surface area contributed by atoms with Crippen LogP contribution in [0.5, 0.6) is 0 Å². The lowest BCUT2D eigenvalue weighted by Gasteiger charge is -2.13. The third-order valence-electron chi connectivity index (χ3n) is 4.10. The molecule has 1 aliphatic heterocycles. The van der Waals surface area contributed by atoms with Gasteiger partial charge < -0.3 is 4.90 Å². The SMILES string of the molecule is Cc1cccc(-n2cnc3c(N(C)C)c4ccnsc-4c3c2=O)c1. The molecule has 2 aliphatic rings. The van der Waals surface area contributed by atoms with E-state index in [4.69, 9.17) is 0 Å². The number of anilines is 1. The van der Waals surface area contributed by atoms with Gasteiger partial charge in [-0.25, -0.2) is 9.36 Å². The average molecular weight is 336 g/mol. The molecule has 6 heteroatoms. The number of hydrogen-bond acceptors (Lipinski definition) is 5. The first-order chi connectivity index (χ1) is 11.6. The Morgan fingerprint density at radius 1 is 1.21 bits per heavy atom. The molecule has 1 aromatic carbocycles. The molecule has 0 atom stereocenters. The minimum atomic E-state index is -0.0621. The van der Waals surface area contributed by atoms with Crippen LogP contribution in [0.15, 0.2) is 47.7 Å². The summed E-state index contributed by atoms with van der Waals surface area (Å²) in [7, 11) is 3.93. The van der Waals surface area contributed by atoms with Gasteiger partial charge in [0.1, 0.15) is 11.8 Å². The molecule has 0 spiro atoms. The normalized spacial score (nSPS) is 11.3. The molecule has 0 saturated carbocycles. The maximum Gasteiger partial charge on any atom is 0.267 e. The quantitative estimate of drug-likeness (QED) is 0.563. The van der Waals surface area contributed by atoms with Crippen molar-refractivity contribution in [1.82, 2.24) is 13.9 Å². The van der Waals surface area contributed by atoms with Gasteiger partial charge in [-0.1, -0.05) is 12.1 Å². The Balaban J connectivity index is 2.11. The predicted molar refractivity (Wildman–Crippen MR) is 98.7 cm³/mol. The van der Waals surface area contributed by atoms with Gasteiger partial charge in [0.05, 0.1) is 21.6 Å². The number of fused-ring (bicyclic) bond motifs is 3. The first-order valence-electron chi connectivity index (χ1n) is 7.60. The highest BCUT2D eigenvalue weighted by Crippen LogP contribution is 2.43. The van der Waals surface area contributed by atoms with Crippen LogP contribution in [0.1, 0.15) is 5.56 Å². The third kappa shape index (κ3) is 2.11. The van der Waals surface area contributed by atoms with Gasteiger partial charge in [-0.05, 0) is 42.2 Å². The largest absolute Gasteiger partial charge is 0.375 e. The number of rotatable bonds is 2. The van der Waals surface area contributed by atoms with Crippen molar-refractivity contribution in [3.63, 3.8) is 0 Å². The van der Waals surface area contributed by atoms with Crippen molar-refractivity contribution in [3.8, 4) is 16.1 Å². The van der Waals surface area contributed by atoms with Crippen LogP contribution in [0.2, 0.25) is 0 Å².